The Morgan fingerprint density at radius 3 is 2.76 bits per heavy atom. The first-order valence-electron chi connectivity index (χ1n) is 8.19. The number of hydrogen-bond donors (Lipinski definition) is 3. The topological polar surface area (TPSA) is 99.8 Å². The molecular formula is C18H17N5O2. The van der Waals surface area contributed by atoms with Crippen molar-refractivity contribution < 1.29 is 9.59 Å². The Morgan fingerprint density at radius 1 is 1.16 bits per heavy atom. The molecule has 1 atom stereocenters. The SMILES string of the molecule is O=C(NC(=O)[C@H]1CCCN1)c1ccc2[nH]c(-c3ccncc3)nc2c1. The number of aromatic amines is 1. The van der Waals surface area contributed by atoms with Crippen LogP contribution in [0.25, 0.3) is 22.4 Å². The van der Waals surface area contributed by atoms with Crippen LogP contribution in [-0.4, -0.2) is 39.4 Å². The van der Waals surface area contributed by atoms with E-state index in [0.29, 0.717) is 16.9 Å². The predicted molar refractivity (Wildman–Crippen MR) is 92.8 cm³/mol. The number of H-pyrrole nitrogens is 1. The molecule has 0 aliphatic carbocycles. The van der Waals surface area contributed by atoms with E-state index in [-0.39, 0.29) is 11.9 Å². The maximum absolute atomic E-state index is 12.3. The maximum atomic E-state index is 12.3. The van der Waals surface area contributed by atoms with Crippen molar-refractivity contribution in [2.24, 2.45) is 0 Å². The monoisotopic (exact) mass is 335 g/mol. The third-order valence-electron chi connectivity index (χ3n) is 4.31. The summed E-state index contributed by atoms with van der Waals surface area (Å²) in [6.45, 7) is 0.809. The van der Waals surface area contributed by atoms with Gasteiger partial charge in [0.15, 0.2) is 0 Å². The lowest BCUT2D eigenvalue weighted by molar-refractivity contribution is -0.121. The average Bonchev–Trinajstić information content (AvgIpc) is 3.31. The van der Waals surface area contributed by atoms with E-state index in [9.17, 15) is 9.59 Å². The van der Waals surface area contributed by atoms with Crippen LogP contribution in [0.2, 0.25) is 0 Å². The van der Waals surface area contributed by atoms with Crippen molar-refractivity contribution in [2.45, 2.75) is 18.9 Å². The largest absolute Gasteiger partial charge is 0.338 e. The second-order valence-electron chi connectivity index (χ2n) is 6.02. The molecule has 1 aromatic carbocycles. The minimum atomic E-state index is -0.408. The zero-order valence-electron chi connectivity index (χ0n) is 13.5. The van der Waals surface area contributed by atoms with Gasteiger partial charge >= 0.3 is 0 Å². The molecule has 3 heterocycles. The third kappa shape index (κ3) is 3.14. The molecule has 3 N–H and O–H groups in total. The van der Waals surface area contributed by atoms with Crippen LogP contribution in [-0.2, 0) is 4.79 Å². The number of fused-ring (bicyclic) bond motifs is 1. The molecule has 7 heteroatoms. The quantitative estimate of drug-likeness (QED) is 0.632. The highest BCUT2D eigenvalue weighted by molar-refractivity contribution is 6.07. The number of carbonyl (C=O) groups excluding carboxylic acids is 2. The predicted octanol–water partition coefficient (Wildman–Crippen LogP) is 1.63. The fourth-order valence-corrected chi connectivity index (χ4v) is 2.97. The van der Waals surface area contributed by atoms with E-state index in [2.05, 4.69) is 25.6 Å². The van der Waals surface area contributed by atoms with Crippen LogP contribution < -0.4 is 10.6 Å². The molecule has 25 heavy (non-hydrogen) atoms. The molecule has 4 rings (SSSR count). The second kappa shape index (κ2) is 6.45. The smallest absolute Gasteiger partial charge is 0.257 e. The number of hydrogen-bond acceptors (Lipinski definition) is 5. The van der Waals surface area contributed by atoms with Crippen LogP contribution in [0.3, 0.4) is 0 Å². The first-order valence-corrected chi connectivity index (χ1v) is 8.19. The van der Waals surface area contributed by atoms with Crippen molar-refractivity contribution in [2.75, 3.05) is 6.54 Å². The van der Waals surface area contributed by atoms with E-state index >= 15 is 0 Å². The molecule has 1 aliphatic rings. The summed E-state index contributed by atoms with van der Waals surface area (Å²) in [5.41, 5.74) is 2.82. The molecule has 126 valence electrons. The number of aromatic nitrogens is 3. The highest BCUT2D eigenvalue weighted by Crippen LogP contribution is 2.20. The van der Waals surface area contributed by atoms with Crippen molar-refractivity contribution in [1.82, 2.24) is 25.6 Å². The lowest BCUT2D eigenvalue weighted by Crippen LogP contribution is -2.43. The Kier molecular flexibility index (Phi) is 3.99. The molecule has 1 fully saturated rings. The van der Waals surface area contributed by atoms with Gasteiger partial charge in [0.1, 0.15) is 5.82 Å². The number of imidazole rings is 1. The fourth-order valence-electron chi connectivity index (χ4n) is 2.97. The lowest BCUT2D eigenvalue weighted by Gasteiger charge is -2.09. The Bertz CT molecular complexity index is 929. The van der Waals surface area contributed by atoms with Crippen molar-refractivity contribution in [3.63, 3.8) is 0 Å². The molecule has 0 saturated carbocycles. The van der Waals surface area contributed by atoms with Gasteiger partial charge < -0.3 is 10.3 Å². The molecule has 3 aromatic rings. The van der Waals surface area contributed by atoms with E-state index in [1.165, 1.54) is 0 Å². The minimum absolute atomic E-state index is 0.276. The Balaban J connectivity index is 1.56. The van der Waals surface area contributed by atoms with E-state index < -0.39 is 5.91 Å². The van der Waals surface area contributed by atoms with E-state index in [1.807, 2.05) is 12.1 Å². The van der Waals surface area contributed by atoms with Gasteiger partial charge in [-0.25, -0.2) is 4.98 Å². The standard InChI is InChI=1S/C18H17N5O2/c24-17(23-18(25)14-2-1-7-20-14)12-3-4-13-15(10-12)22-16(21-13)11-5-8-19-9-6-11/h3-6,8-10,14,20H,1-2,7H2,(H,21,22)(H,23,24,25)/t14-/m1/s1. The molecule has 1 saturated heterocycles. The van der Waals surface area contributed by atoms with Crippen molar-refractivity contribution >= 4 is 22.8 Å². The molecule has 7 nitrogen and oxygen atoms in total. The molecule has 1 aliphatic heterocycles. The fraction of sp³-hybridized carbons (Fsp3) is 0.222. The normalized spacial score (nSPS) is 16.9. The van der Waals surface area contributed by atoms with Crippen LogP contribution in [0.15, 0.2) is 42.7 Å². The first kappa shape index (κ1) is 15.5. The summed E-state index contributed by atoms with van der Waals surface area (Å²) < 4.78 is 0. The van der Waals surface area contributed by atoms with E-state index in [0.717, 1.165) is 30.5 Å². The zero-order valence-corrected chi connectivity index (χ0v) is 13.5. The van der Waals surface area contributed by atoms with Crippen LogP contribution >= 0.6 is 0 Å². The number of carbonyl (C=O) groups is 2. The van der Waals surface area contributed by atoms with Crippen LogP contribution in [0.1, 0.15) is 23.2 Å². The summed E-state index contributed by atoms with van der Waals surface area (Å²) >= 11 is 0. The van der Waals surface area contributed by atoms with Gasteiger partial charge in [0.2, 0.25) is 5.91 Å². The van der Waals surface area contributed by atoms with Gasteiger partial charge in [-0.1, -0.05) is 0 Å². The lowest BCUT2D eigenvalue weighted by atomic mass is 10.1. The van der Waals surface area contributed by atoms with Gasteiger partial charge in [-0.05, 0) is 49.7 Å². The van der Waals surface area contributed by atoms with Gasteiger partial charge in [-0.2, -0.15) is 0 Å². The summed E-state index contributed by atoms with van der Waals surface area (Å²) in [6.07, 6.45) is 5.10. The summed E-state index contributed by atoms with van der Waals surface area (Å²) in [4.78, 5) is 36.1. The first-order chi connectivity index (χ1) is 12.2. The number of nitrogens with one attached hydrogen (secondary N) is 3. The number of pyridine rings is 1. The van der Waals surface area contributed by atoms with Crippen molar-refractivity contribution in [3.8, 4) is 11.4 Å². The summed E-state index contributed by atoms with van der Waals surface area (Å²) in [5, 5.41) is 5.53. The zero-order chi connectivity index (χ0) is 17.2. The Labute approximate surface area is 143 Å². The molecule has 2 aromatic heterocycles. The Hall–Kier alpha value is -3.06. The summed E-state index contributed by atoms with van der Waals surface area (Å²) in [7, 11) is 0. The highest BCUT2D eigenvalue weighted by Gasteiger charge is 2.24. The van der Waals surface area contributed by atoms with Crippen LogP contribution in [0, 0.1) is 0 Å². The van der Waals surface area contributed by atoms with Gasteiger partial charge in [-0.3, -0.25) is 19.9 Å². The molecule has 0 unspecified atom stereocenters. The van der Waals surface area contributed by atoms with Gasteiger partial charge in [0.05, 0.1) is 17.1 Å². The van der Waals surface area contributed by atoms with Gasteiger partial charge in [0, 0.05) is 23.5 Å². The van der Waals surface area contributed by atoms with Crippen LogP contribution in [0.5, 0.6) is 0 Å². The van der Waals surface area contributed by atoms with Gasteiger partial charge in [-0.15, -0.1) is 0 Å². The third-order valence-corrected chi connectivity index (χ3v) is 4.31. The minimum Gasteiger partial charge on any atom is -0.338 e. The maximum Gasteiger partial charge on any atom is 0.257 e. The van der Waals surface area contributed by atoms with E-state index in [1.54, 1.807) is 30.6 Å². The Morgan fingerprint density at radius 2 is 2.00 bits per heavy atom. The van der Waals surface area contributed by atoms with E-state index in [4.69, 9.17) is 0 Å². The highest BCUT2D eigenvalue weighted by atomic mass is 16.2. The summed E-state index contributed by atoms with van der Waals surface area (Å²) in [6, 6.07) is 8.59. The van der Waals surface area contributed by atoms with Crippen LogP contribution in [0.4, 0.5) is 0 Å². The second-order valence-corrected chi connectivity index (χ2v) is 6.02. The van der Waals surface area contributed by atoms with Gasteiger partial charge in [0.25, 0.3) is 5.91 Å². The molecular weight excluding hydrogens is 318 g/mol. The molecule has 0 bridgehead atoms. The number of nitrogens with zero attached hydrogens (tertiary/aromatic N) is 2. The van der Waals surface area contributed by atoms with Crippen molar-refractivity contribution in [3.05, 3.63) is 48.3 Å². The molecule has 0 spiro atoms. The average molecular weight is 335 g/mol. The van der Waals surface area contributed by atoms with Crippen molar-refractivity contribution in [1.29, 1.82) is 0 Å². The summed E-state index contributed by atoms with van der Waals surface area (Å²) in [5.74, 6) is 0.0253. The number of imide groups is 1. The molecule has 0 radical (unpaired) electrons. The number of amides is 2. The number of rotatable bonds is 3. The number of benzene rings is 1. The molecule has 2 amide bonds.